The Kier molecular flexibility index (Phi) is 12.7. The third-order valence-corrected chi connectivity index (χ3v) is 10.2. The van der Waals surface area contributed by atoms with Crippen LogP contribution in [0.15, 0.2) is 112 Å². The van der Waals surface area contributed by atoms with E-state index in [1.165, 1.54) is 26.4 Å². The number of carbonyl (C=O) groups is 1. The molecule has 52 heavy (non-hydrogen) atoms. The van der Waals surface area contributed by atoms with Crippen molar-refractivity contribution in [3.8, 4) is 17.2 Å². The second kappa shape index (κ2) is 17.6. The molecule has 5 rings (SSSR count). The highest BCUT2D eigenvalue weighted by Crippen LogP contribution is 2.44. The van der Waals surface area contributed by atoms with Gasteiger partial charge in [0.05, 0.1) is 38.0 Å². The number of aliphatic hydroxyl groups excluding tert-OH is 1. The van der Waals surface area contributed by atoms with Crippen LogP contribution in [0, 0.1) is 0 Å². The maximum atomic E-state index is 14.6. The number of hydrogen-bond donors (Lipinski definition) is 3. The number of benzene rings is 4. The number of para-hydroxylation sites is 1. The smallest absolute Gasteiger partial charge is 0.266 e. The van der Waals surface area contributed by atoms with Gasteiger partial charge in [-0.1, -0.05) is 59.7 Å². The monoisotopic (exact) mass is 728 g/mol. The van der Waals surface area contributed by atoms with Crippen molar-refractivity contribution < 1.29 is 37.3 Å². The number of methoxy groups -OCH3 is 2. The molecule has 0 saturated heterocycles. The number of ether oxygens (including phenoxy) is 4. The van der Waals surface area contributed by atoms with Crippen LogP contribution >= 0.6 is 0 Å². The summed E-state index contributed by atoms with van der Waals surface area (Å²) in [4.78, 5) is 22.6. The Morgan fingerprint density at radius 3 is 2.42 bits per heavy atom. The molecule has 15 heteroatoms. The highest BCUT2D eigenvalue weighted by molar-refractivity contribution is 7.91. The van der Waals surface area contributed by atoms with Crippen molar-refractivity contribution in [2.45, 2.75) is 42.5 Å². The Hall–Kier alpha value is -5.60. The molecule has 1 amide bonds. The van der Waals surface area contributed by atoms with E-state index in [0.29, 0.717) is 52.5 Å². The predicted octanol–water partition coefficient (Wildman–Crippen LogP) is 5.22. The van der Waals surface area contributed by atoms with Gasteiger partial charge >= 0.3 is 0 Å². The van der Waals surface area contributed by atoms with Crippen LogP contribution < -0.4 is 25.1 Å². The number of amides is 1. The zero-order valence-corrected chi connectivity index (χ0v) is 29.6. The van der Waals surface area contributed by atoms with Gasteiger partial charge in [0.15, 0.2) is 33.0 Å². The summed E-state index contributed by atoms with van der Waals surface area (Å²) < 4.78 is 50.6. The number of nitrogens with zero attached hydrogens (tertiary/aromatic N) is 4. The van der Waals surface area contributed by atoms with Gasteiger partial charge in [-0.15, -0.1) is 0 Å². The molecule has 2 atom stereocenters. The number of aliphatic hydroxyl groups is 1. The number of hydrogen-bond acceptors (Lipinski definition) is 11. The lowest BCUT2D eigenvalue weighted by atomic mass is 9.83. The first-order valence-electron chi connectivity index (χ1n) is 16.5. The van der Waals surface area contributed by atoms with E-state index in [9.17, 15) is 13.2 Å². The Morgan fingerprint density at radius 2 is 1.71 bits per heavy atom. The maximum Gasteiger partial charge on any atom is 0.266 e. The van der Waals surface area contributed by atoms with Crippen molar-refractivity contribution in [2.75, 3.05) is 33.2 Å². The summed E-state index contributed by atoms with van der Waals surface area (Å²) >= 11 is 0. The molecule has 0 fully saturated rings. The molecule has 1 heterocycles. The summed E-state index contributed by atoms with van der Waals surface area (Å²) in [6.45, 7) is 0.399. The maximum absolute atomic E-state index is 14.6. The van der Waals surface area contributed by atoms with Crippen LogP contribution in [-0.4, -0.2) is 64.1 Å². The summed E-state index contributed by atoms with van der Waals surface area (Å²) in [6, 6.07) is 27.2. The fraction of sp³-hybridized carbons (Fsp3) is 0.297. The van der Waals surface area contributed by atoms with Crippen molar-refractivity contribution in [3.05, 3.63) is 130 Å². The van der Waals surface area contributed by atoms with Crippen LogP contribution in [0.1, 0.15) is 41.2 Å². The van der Waals surface area contributed by atoms with E-state index in [4.69, 9.17) is 34.6 Å². The Morgan fingerprint density at radius 1 is 0.981 bits per heavy atom. The van der Waals surface area contributed by atoms with E-state index < -0.39 is 33.1 Å². The van der Waals surface area contributed by atoms with E-state index in [1.54, 1.807) is 78.9 Å². The topological polar surface area (TPSA) is 194 Å². The van der Waals surface area contributed by atoms with Crippen LogP contribution in [0.3, 0.4) is 0 Å². The van der Waals surface area contributed by atoms with Gasteiger partial charge in [0.1, 0.15) is 5.75 Å². The fourth-order valence-electron chi connectivity index (χ4n) is 5.85. The van der Waals surface area contributed by atoms with Crippen molar-refractivity contribution in [2.24, 2.45) is 10.1 Å². The molecule has 1 aliphatic heterocycles. The summed E-state index contributed by atoms with van der Waals surface area (Å²) in [5, 5.41) is 12.9. The zero-order chi connectivity index (χ0) is 37.0. The van der Waals surface area contributed by atoms with Gasteiger partial charge in [0, 0.05) is 42.0 Å². The third-order valence-electron chi connectivity index (χ3n) is 8.49. The summed E-state index contributed by atoms with van der Waals surface area (Å²) in [5.41, 5.74) is 15.3. The number of carbonyl (C=O) groups excluding carboxylic acids is 1. The lowest BCUT2D eigenvalue weighted by molar-refractivity contribution is -0.130. The Labute approximate surface area is 301 Å². The Bertz CT molecular complexity index is 2020. The molecule has 0 aromatic heterocycles. The lowest BCUT2D eigenvalue weighted by Gasteiger charge is -2.31. The minimum atomic E-state index is -3.88. The molecule has 4 aromatic carbocycles. The first-order valence-corrected chi connectivity index (χ1v) is 18.1. The van der Waals surface area contributed by atoms with Crippen molar-refractivity contribution >= 4 is 21.6 Å². The van der Waals surface area contributed by atoms with Gasteiger partial charge < -0.3 is 24.1 Å². The first kappa shape index (κ1) is 37.7. The van der Waals surface area contributed by atoms with Gasteiger partial charge in [-0.25, -0.2) is 18.8 Å². The van der Waals surface area contributed by atoms with Gasteiger partial charge in [-0.05, 0) is 59.1 Å². The lowest BCUT2D eigenvalue weighted by Crippen LogP contribution is -2.53. The largest absolute Gasteiger partial charge is 0.494 e. The molecule has 3 N–H and O–H groups in total. The number of sulfone groups is 1. The summed E-state index contributed by atoms with van der Waals surface area (Å²) in [6.07, 6.45) is -0.935. The number of rotatable bonds is 18. The number of aliphatic imine (C=N–C) groups is 1. The van der Waals surface area contributed by atoms with E-state index in [-0.39, 0.29) is 36.9 Å². The highest BCUT2D eigenvalue weighted by Gasteiger charge is 2.54. The van der Waals surface area contributed by atoms with E-state index in [0.717, 1.165) is 0 Å². The molecule has 0 saturated carbocycles. The molecule has 0 bridgehead atoms. The molecule has 272 valence electrons. The van der Waals surface area contributed by atoms with Gasteiger partial charge in [0.25, 0.3) is 5.91 Å². The molecule has 0 spiro atoms. The quantitative estimate of drug-likeness (QED) is 0.0405. The number of azide groups is 1. The summed E-state index contributed by atoms with van der Waals surface area (Å²) in [5.74, 6) is 0.555. The Balaban J connectivity index is 1.57. The number of nitrogens with one attached hydrogen (secondary N) is 2. The van der Waals surface area contributed by atoms with Crippen LogP contribution in [-0.2, 0) is 32.5 Å². The van der Waals surface area contributed by atoms with E-state index in [1.807, 2.05) is 6.07 Å². The molecule has 0 unspecified atom stereocenters. The van der Waals surface area contributed by atoms with Crippen LogP contribution in [0.2, 0.25) is 0 Å². The molecule has 4 aromatic rings. The average Bonchev–Trinajstić information content (AvgIpc) is 3.57. The molecule has 14 nitrogen and oxygen atoms in total. The molecule has 1 aliphatic rings. The first-order chi connectivity index (χ1) is 25.3. The zero-order valence-electron chi connectivity index (χ0n) is 28.8. The molecular formula is C37H40N6O8S. The van der Waals surface area contributed by atoms with Crippen molar-refractivity contribution in [1.82, 2.24) is 10.9 Å². The predicted molar refractivity (Wildman–Crippen MR) is 194 cm³/mol. The standard InChI is InChI=1S/C37H40N6O8S/c1-48-32-15-8-11-28(33(32)49-2)25-39-42-36(45)37(20-23-52(46,47)30-12-4-3-5-13-30)34(31-14-7-6-10-27(31)24-40-43-38)51-35(41-37)26-16-18-29(19-17-26)50-22-9-21-44/h3-8,10-19,34,39,44H,9,20-25H2,1-2H3,(H,42,45)/t34-,37-/m0/s1. The van der Waals surface area contributed by atoms with E-state index >= 15 is 0 Å². The van der Waals surface area contributed by atoms with Crippen LogP contribution in [0.4, 0.5) is 0 Å². The third kappa shape index (κ3) is 8.64. The minimum Gasteiger partial charge on any atom is -0.494 e. The van der Waals surface area contributed by atoms with Gasteiger partial charge in [-0.3, -0.25) is 10.2 Å². The average molecular weight is 729 g/mol. The van der Waals surface area contributed by atoms with Crippen LogP contribution in [0.25, 0.3) is 10.4 Å². The SMILES string of the molecule is COc1cccc(CNNC(=O)[C@@]2(CCS(=O)(=O)c3ccccc3)N=C(c3ccc(OCCCO)cc3)O[C@H]2c2ccccc2CN=[N+]=[N-])c1OC. The normalized spacial score (nSPS) is 16.6. The van der Waals surface area contributed by atoms with Gasteiger partial charge in [-0.2, -0.15) is 0 Å². The van der Waals surface area contributed by atoms with Gasteiger partial charge in [0.2, 0.25) is 5.90 Å². The summed E-state index contributed by atoms with van der Waals surface area (Å²) in [7, 11) is -0.845. The highest BCUT2D eigenvalue weighted by atomic mass is 32.2. The van der Waals surface area contributed by atoms with E-state index in [2.05, 4.69) is 20.9 Å². The van der Waals surface area contributed by atoms with Crippen molar-refractivity contribution in [3.63, 3.8) is 0 Å². The van der Waals surface area contributed by atoms with Crippen molar-refractivity contribution in [1.29, 1.82) is 0 Å². The van der Waals surface area contributed by atoms with Crippen LogP contribution in [0.5, 0.6) is 17.2 Å². The fourth-order valence-corrected chi connectivity index (χ4v) is 7.23. The second-order valence-corrected chi connectivity index (χ2v) is 13.8. The second-order valence-electron chi connectivity index (χ2n) is 11.7. The number of hydrazine groups is 1. The molecular weight excluding hydrogens is 689 g/mol. The molecule has 0 aliphatic carbocycles. The minimum absolute atomic E-state index is 0.00263. The molecule has 0 radical (unpaired) electrons.